The summed E-state index contributed by atoms with van der Waals surface area (Å²) in [5, 5.41) is 16.7. The van der Waals surface area contributed by atoms with Crippen LogP contribution in [-0.2, 0) is 19.6 Å². The van der Waals surface area contributed by atoms with Gasteiger partial charge in [-0.2, -0.15) is 0 Å². The van der Waals surface area contributed by atoms with Gasteiger partial charge in [0.1, 0.15) is 18.1 Å². The number of benzene rings is 1. The average molecular weight is 301 g/mol. The number of ether oxygens (including phenoxy) is 1. The van der Waals surface area contributed by atoms with Gasteiger partial charge < -0.3 is 9.84 Å². The number of allylic oxidation sites excluding steroid dienone is 1. The summed E-state index contributed by atoms with van der Waals surface area (Å²) in [6.45, 7) is 8.23. The molecule has 22 heavy (non-hydrogen) atoms. The topological polar surface area (TPSA) is 77.2 Å². The van der Waals surface area contributed by atoms with Crippen LogP contribution in [0.25, 0.3) is 0 Å². The third-order valence-corrected chi connectivity index (χ3v) is 3.17. The Bertz CT molecular complexity index is 674. The molecular weight excluding hydrogens is 282 g/mol. The lowest BCUT2D eigenvalue weighted by Gasteiger charge is -2.09. The maximum atomic E-state index is 11.2. The van der Waals surface area contributed by atoms with Crippen molar-refractivity contribution >= 4 is 5.97 Å². The van der Waals surface area contributed by atoms with Crippen molar-refractivity contribution in [3.8, 4) is 5.75 Å². The molecule has 0 saturated carbocycles. The van der Waals surface area contributed by atoms with Gasteiger partial charge in [0.2, 0.25) is 0 Å². The second kappa shape index (κ2) is 6.89. The number of carboxylic acid groups (broad SMARTS) is 1. The number of nitrogens with zero attached hydrogens (tertiary/aromatic N) is 3. The van der Waals surface area contributed by atoms with Gasteiger partial charge in [0.15, 0.2) is 5.69 Å². The zero-order valence-corrected chi connectivity index (χ0v) is 12.7. The lowest BCUT2D eigenvalue weighted by Crippen LogP contribution is -2.12. The van der Waals surface area contributed by atoms with E-state index in [1.54, 1.807) is 0 Å². The molecule has 1 aromatic carbocycles. The van der Waals surface area contributed by atoms with Crippen molar-refractivity contribution in [1.29, 1.82) is 0 Å². The van der Waals surface area contributed by atoms with Crippen LogP contribution in [-0.4, -0.2) is 26.1 Å². The van der Waals surface area contributed by atoms with Gasteiger partial charge in [-0.25, -0.2) is 9.48 Å². The van der Waals surface area contributed by atoms with Crippen molar-refractivity contribution < 1.29 is 14.6 Å². The number of carbonyl (C=O) groups is 1. The molecule has 0 atom stereocenters. The molecule has 1 N–H and O–H groups in total. The molecule has 0 amide bonds. The first-order valence-corrected chi connectivity index (χ1v) is 7.03. The Morgan fingerprint density at radius 2 is 2.05 bits per heavy atom. The molecule has 116 valence electrons. The fourth-order valence-corrected chi connectivity index (χ4v) is 2.00. The molecule has 0 spiro atoms. The van der Waals surface area contributed by atoms with Crippen molar-refractivity contribution in [3.05, 3.63) is 53.4 Å². The lowest BCUT2D eigenvalue weighted by atomic mass is 10.2. The summed E-state index contributed by atoms with van der Waals surface area (Å²) in [4.78, 5) is 11.2. The highest BCUT2D eigenvalue weighted by atomic mass is 16.5. The van der Waals surface area contributed by atoms with E-state index in [9.17, 15) is 9.90 Å². The third kappa shape index (κ3) is 3.72. The van der Waals surface area contributed by atoms with Crippen LogP contribution in [0, 0.1) is 0 Å². The van der Waals surface area contributed by atoms with Crippen molar-refractivity contribution in [1.82, 2.24) is 15.0 Å². The van der Waals surface area contributed by atoms with Crippen LogP contribution in [0.1, 0.15) is 35.6 Å². The van der Waals surface area contributed by atoms with Crippen LogP contribution in [0.15, 0.2) is 36.4 Å². The lowest BCUT2D eigenvalue weighted by molar-refractivity contribution is 0.0687. The minimum Gasteiger partial charge on any atom is -0.487 e. The van der Waals surface area contributed by atoms with E-state index in [4.69, 9.17) is 4.74 Å². The average Bonchev–Trinajstić information content (AvgIpc) is 2.88. The smallest absolute Gasteiger partial charge is 0.358 e. The monoisotopic (exact) mass is 301 g/mol. The summed E-state index contributed by atoms with van der Waals surface area (Å²) in [5.41, 5.74) is 2.41. The summed E-state index contributed by atoms with van der Waals surface area (Å²) < 4.78 is 7.18. The number of rotatable bonds is 7. The highest BCUT2D eigenvalue weighted by Gasteiger charge is 2.19. The van der Waals surface area contributed by atoms with E-state index in [2.05, 4.69) is 23.8 Å². The Morgan fingerprint density at radius 3 is 2.59 bits per heavy atom. The third-order valence-electron chi connectivity index (χ3n) is 3.17. The Labute approximate surface area is 129 Å². The van der Waals surface area contributed by atoms with Gasteiger partial charge >= 0.3 is 5.97 Å². The largest absolute Gasteiger partial charge is 0.487 e. The second-order valence-corrected chi connectivity index (χ2v) is 5.09. The van der Waals surface area contributed by atoms with Crippen molar-refractivity contribution in [2.45, 2.75) is 33.4 Å². The fourth-order valence-electron chi connectivity index (χ4n) is 2.00. The van der Waals surface area contributed by atoms with E-state index >= 15 is 0 Å². The zero-order chi connectivity index (χ0) is 16.1. The van der Waals surface area contributed by atoms with Crippen LogP contribution in [0.2, 0.25) is 0 Å². The van der Waals surface area contributed by atoms with Gasteiger partial charge in [0, 0.05) is 0 Å². The summed E-state index contributed by atoms with van der Waals surface area (Å²) in [6.07, 6.45) is 0.957. The minimum atomic E-state index is -1.12. The molecule has 6 nitrogen and oxygen atoms in total. The number of hydrogen-bond donors (Lipinski definition) is 1. The Balaban J connectivity index is 2.17. The number of aryl methyl sites for hydroxylation is 1. The van der Waals surface area contributed by atoms with Crippen molar-refractivity contribution in [2.75, 3.05) is 0 Å². The number of hydrogen-bond acceptors (Lipinski definition) is 4. The van der Waals surface area contributed by atoms with E-state index in [0.717, 1.165) is 12.0 Å². The Hall–Kier alpha value is -2.63. The molecule has 2 aromatic rings. The van der Waals surface area contributed by atoms with E-state index in [1.807, 2.05) is 31.2 Å². The quantitative estimate of drug-likeness (QED) is 0.796. The van der Waals surface area contributed by atoms with Crippen LogP contribution in [0.4, 0.5) is 0 Å². The summed E-state index contributed by atoms with van der Waals surface area (Å²) in [7, 11) is 0. The molecule has 0 saturated heterocycles. The molecule has 1 aromatic heterocycles. The summed E-state index contributed by atoms with van der Waals surface area (Å²) in [5.74, 6) is -0.440. The van der Waals surface area contributed by atoms with Crippen LogP contribution in [0.5, 0.6) is 5.75 Å². The standard InChI is InChI=1S/C16H19N3O3/c1-4-12-5-7-13(8-6-12)22-10-14-15(16(20)21)17-18-19(14)9-11(2)3/h5-8H,2,4,9-10H2,1,3H3,(H,20,21). The van der Waals surface area contributed by atoms with E-state index in [0.29, 0.717) is 18.0 Å². The molecule has 0 fully saturated rings. The first-order valence-electron chi connectivity index (χ1n) is 7.03. The predicted molar refractivity (Wildman–Crippen MR) is 81.9 cm³/mol. The van der Waals surface area contributed by atoms with Gasteiger partial charge in [-0.15, -0.1) is 5.10 Å². The van der Waals surface area contributed by atoms with E-state index in [-0.39, 0.29) is 12.3 Å². The van der Waals surface area contributed by atoms with Crippen LogP contribution >= 0.6 is 0 Å². The number of aromatic nitrogens is 3. The molecule has 0 bridgehead atoms. The maximum absolute atomic E-state index is 11.2. The van der Waals surface area contributed by atoms with Crippen LogP contribution < -0.4 is 4.74 Å². The minimum absolute atomic E-state index is 0.0907. The van der Waals surface area contributed by atoms with Crippen molar-refractivity contribution in [2.24, 2.45) is 0 Å². The molecule has 2 rings (SSSR count). The van der Waals surface area contributed by atoms with Gasteiger partial charge in [-0.1, -0.05) is 36.4 Å². The number of aromatic carboxylic acids is 1. The van der Waals surface area contributed by atoms with Gasteiger partial charge in [-0.3, -0.25) is 0 Å². The molecular formula is C16H19N3O3. The molecule has 0 unspecified atom stereocenters. The van der Waals surface area contributed by atoms with Gasteiger partial charge in [0.05, 0.1) is 6.54 Å². The molecule has 6 heteroatoms. The van der Waals surface area contributed by atoms with E-state index in [1.165, 1.54) is 10.2 Å². The Kier molecular flexibility index (Phi) is 4.93. The SMILES string of the molecule is C=C(C)Cn1nnc(C(=O)O)c1COc1ccc(CC)cc1. The zero-order valence-electron chi connectivity index (χ0n) is 12.7. The second-order valence-electron chi connectivity index (χ2n) is 5.09. The summed E-state index contributed by atoms with van der Waals surface area (Å²) in [6, 6.07) is 7.70. The molecule has 0 radical (unpaired) electrons. The summed E-state index contributed by atoms with van der Waals surface area (Å²) >= 11 is 0. The van der Waals surface area contributed by atoms with Crippen molar-refractivity contribution in [3.63, 3.8) is 0 Å². The van der Waals surface area contributed by atoms with Gasteiger partial charge in [-0.05, 0) is 31.0 Å². The number of carboxylic acids is 1. The molecule has 0 aliphatic carbocycles. The first kappa shape index (κ1) is 15.8. The van der Waals surface area contributed by atoms with Crippen LogP contribution in [0.3, 0.4) is 0 Å². The molecule has 0 aliphatic heterocycles. The first-order chi connectivity index (χ1) is 10.5. The normalized spacial score (nSPS) is 10.5. The predicted octanol–water partition coefficient (Wildman–Crippen LogP) is 2.69. The molecule has 1 heterocycles. The van der Waals surface area contributed by atoms with Gasteiger partial charge in [0.25, 0.3) is 0 Å². The molecule has 0 aliphatic rings. The van der Waals surface area contributed by atoms with E-state index < -0.39 is 5.97 Å². The fraction of sp³-hybridized carbons (Fsp3) is 0.312. The Morgan fingerprint density at radius 1 is 1.36 bits per heavy atom. The highest BCUT2D eigenvalue weighted by Crippen LogP contribution is 2.16. The highest BCUT2D eigenvalue weighted by molar-refractivity contribution is 5.86. The maximum Gasteiger partial charge on any atom is 0.358 e.